The second kappa shape index (κ2) is 6.31. The Balaban J connectivity index is 1.88. The maximum absolute atomic E-state index is 6.36. The van der Waals surface area contributed by atoms with Gasteiger partial charge >= 0.3 is 0 Å². The molecule has 21 heavy (non-hydrogen) atoms. The van der Waals surface area contributed by atoms with Gasteiger partial charge in [0, 0.05) is 11.6 Å². The summed E-state index contributed by atoms with van der Waals surface area (Å²) in [7, 11) is 0. The SMILES string of the molecule is CC[C@H](N)c1ccccc1OC1CCCc2ccccc21. The lowest BCUT2D eigenvalue weighted by molar-refractivity contribution is 0.180. The van der Waals surface area contributed by atoms with Crippen LogP contribution < -0.4 is 10.5 Å². The topological polar surface area (TPSA) is 35.2 Å². The first-order valence-corrected chi connectivity index (χ1v) is 7.88. The highest BCUT2D eigenvalue weighted by Crippen LogP contribution is 2.36. The van der Waals surface area contributed by atoms with E-state index < -0.39 is 0 Å². The van der Waals surface area contributed by atoms with Crippen LogP contribution in [-0.4, -0.2) is 0 Å². The van der Waals surface area contributed by atoms with Crippen LogP contribution in [0.4, 0.5) is 0 Å². The molecule has 2 N–H and O–H groups in total. The van der Waals surface area contributed by atoms with Crippen LogP contribution in [0.25, 0.3) is 0 Å². The van der Waals surface area contributed by atoms with Crippen LogP contribution in [0.5, 0.6) is 5.75 Å². The molecule has 0 radical (unpaired) electrons. The highest BCUT2D eigenvalue weighted by atomic mass is 16.5. The van der Waals surface area contributed by atoms with Gasteiger partial charge in [-0.3, -0.25) is 0 Å². The lowest BCUT2D eigenvalue weighted by Crippen LogP contribution is -2.17. The molecule has 2 atom stereocenters. The molecule has 0 aromatic heterocycles. The Labute approximate surface area is 126 Å². The summed E-state index contributed by atoms with van der Waals surface area (Å²) in [5.41, 5.74) is 10.1. The van der Waals surface area contributed by atoms with Crippen LogP contribution in [0.3, 0.4) is 0 Å². The third-order valence-corrected chi connectivity index (χ3v) is 4.34. The summed E-state index contributed by atoms with van der Waals surface area (Å²) >= 11 is 0. The average Bonchev–Trinajstić information content (AvgIpc) is 2.55. The van der Waals surface area contributed by atoms with Crippen molar-refractivity contribution in [3.63, 3.8) is 0 Å². The number of para-hydroxylation sites is 1. The van der Waals surface area contributed by atoms with Gasteiger partial charge in [-0.2, -0.15) is 0 Å². The largest absolute Gasteiger partial charge is 0.485 e. The van der Waals surface area contributed by atoms with E-state index in [0.717, 1.165) is 30.6 Å². The molecule has 0 saturated carbocycles. The molecule has 2 heteroatoms. The predicted octanol–water partition coefficient (Wildman–Crippen LogP) is 4.55. The minimum Gasteiger partial charge on any atom is -0.485 e. The van der Waals surface area contributed by atoms with Crippen LogP contribution in [0, 0.1) is 0 Å². The molecule has 0 bridgehead atoms. The van der Waals surface area contributed by atoms with Crippen molar-refractivity contribution in [3.8, 4) is 5.75 Å². The van der Waals surface area contributed by atoms with E-state index in [1.165, 1.54) is 17.5 Å². The first-order chi connectivity index (χ1) is 10.3. The molecule has 2 nitrogen and oxygen atoms in total. The Morgan fingerprint density at radius 2 is 1.90 bits per heavy atom. The maximum atomic E-state index is 6.36. The Hall–Kier alpha value is -1.80. The van der Waals surface area contributed by atoms with Gasteiger partial charge in [0.05, 0.1) is 0 Å². The van der Waals surface area contributed by atoms with Crippen LogP contribution >= 0.6 is 0 Å². The van der Waals surface area contributed by atoms with Crippen LogP contribution in [0.15, 0.2) is 48.5 Å². The zero-order valence-corrected chi connectivity index (χ0v) is 12.6. The van der Waals surface area contributed by atoms with Crippen molar-refractivity contribution in [1.29, 1.82) is 0 Å². The van der Waals surface area contributed by atoms with E-state index in [1.54, 1.807) is 0 Å². The number of fused-ring (bicyclic) bond motifs is 1. The summed E-state index contributed by atoms with van der Waals surface area (Å²) in [5, 5.41) is 0. The first kappa shape index (κ1) is 14.2. The van der Waals surface area contributed by atoms with Gasteiger partial charge in [-0.25, -0.2) is 0 Å². The van der Waals surface area contributed by atoms with Crippen LogP contribution in [0.1, 0.15) is 55.0 Å². The third kappa shape index (κ3) is 2.96. The van der Waals surface area contributed by atoms with Gasteiger partial charge < -0.3 is 10.5 Å². The quantitative estimate of drug-likeness (QED) is 0.892. The normalized spacial score (nSPS) is 18.9. The fourth-order valence-corrected chi connectivity index (χ4v) is 3.10. The lowest BCUT2D eigenvalue weighted by atomic mass is 9.89. The molecule has 1 unspecified atom stereocenters. The van der Waals surface area contributed by atoms with Gasteiger partial charge in [0.1, 0.15) is 11.9 Å². The summed E-state index contributed by atoms with van der Waals surface area (Å²) < 4.78 is 6.36. The fraction of sp³-hybridized carbons (Fsp3) is 0.368. The van der Waals surface area contributed by atoms with Gasteiger partial charge in [-0.15, -0.1) is 0 Å². The number of benzene rings is 2. The number of ether oxygens (including phenoxy) is 1. The van der Waals surface area contributed by atoms with Crippen molar-refractivity contribution in [2.45, 2.75) is 44.8 Å². The van der Waals surface area contributed by atoms with Crippen LogP contribution in [-0.2, 0) is 6.42 Å². The number of hydrogen-bond acceptors (Lipinski definition) is 2. The summed E-state index contributed by atoms with van der Waals surface area (Å²) in [6.07, 6.45) is 4.49. The fourth-order valence-electron chi connectivity index (χ4n) is 3.10. The standard InChI is InChI=1S/C19H23NO/c1-2-17(20)16-11-5-6-12-19(16)21-18-13-7-9-14-8-3-4-10-15(14)18/h3-6,8,10-12,17-18H,2,7,9,13,20H2,1H3/t17-,18?/m0/s1. The monoisotopic (exact) mass is 281 g/mol. The van der Waals surface area contributed by atoms with Crippen molar-refractivity contribution in [1.82, 2.24) is 0 Å². The number of aryl methyl sites for hydroxylation is 1. The van der Waals surface area contributed by atoms with Crippen molar-refractivity contribution >= 4 is 0 Å². The smallest absolute Gasteiger partial charge is 0.125 e. The Kier molecular flexibility index (Phi) is 4.26. The number of nitrogens with two attached hydrogens (primary N) is 1. The van der Waals surface area contributed by atoms with E-state index in [4.69, 9.17) is 10.5 Å². The molecule has 1 aliphatic rings. The molecule has 0 amide bonds. The van der Waals surface area contributed by atoms with E-state index in [0.29, 0.717) is 0 Å². The minimum absolute atomic E-state index is 0.0417. The lowest BCUT2D eigenvalue weighted by Gasteiger charge is -2.28. The summed E-state index contributed by atoms with van der Waals surface area (Å²) in [5.74, 6) is 0.938. The number of rotatable bonds is 4. The molecule has 3 rings (SSSR count). The molecule has 2 aromatic rings. The molecular weight excluding hydrogens is 258 g/mol. The van der Waals surface area contributed by atoms with Gasteiger partial charge in [0.15, 0.2) is 0 Å². The van der Waals surface area contributed by atoms with Crippen molar-refractivity contribution < 1.29 is 4.74 Å². The minimum atomic E-state index is 0.0417. The highest BCUT2D eigenvalue weighted by Gasteiger charge is 2.22. The van der Waals surface area contributed by atoms with E-state index in [2.05, 4.69) is 37.3 Å². The Morgan fingerprint density at radius 1 is 1.14 bits per heavy atom. The van der Waals surface area contributed by atoms with Crippen LogP contribution in [0.2, 0.25) is 0 Å². The second-order valence-corrected chi connectivity index (χ2v) is 5.75. The molecule has 0 aliphatic heterocycles. The second-order valence-electron chi connectivity index (χ2n) is 5.75. The molecule has 1 aliphatic carbocycles. The molecular formula is C19H23NO. The molecule has 0 heterocycles. The van der Waals surface area contributed by atoms with Crippen molar-refractivity contribution in [3.05, 3.63) is 65.2 Å². The molecule has 110 valence electrons. The van der Waals surface area contributed by atoms with E-state index in [-0.39, 0.29) is 12.1 Å². The molecule has 0 spiro atoms. The van der Waals surface area contributed by atoms with Gasteiger partial charge in [-0.05, 0) is 42.9 Å². The average molecular weight is 281 g/mol. The Bertz CT molecular complexity index is 608. The zero-order chi connectivity index (χ0) is 14.7. The van der Waals surface area contributed by atoms with Crippen molar-refractivity contribution in [2.24, 2.45) is 5.73 Å². The van der Waals surface area contributed by atoms with E-state index in [1.807, 2.05) is 18.2 Å². The van der Waals surface area contributed by atoms with Gasteiger partial charge in [0.2, 0.25) is 0 Å². The molecule has 0 fully saturated rings. The maximum Gasteiger partial charge on any atom is 0.125 e. The zero-order valence-electron chi connectivity index (χ0n) is 12.6. The third-order valence-electron chi connectivity index (χ3n) is 4.34. The van der Waals surface area contributed by atoms with Crippen molar-refractivity contribution in [2.75, 3.05) is 0 Å². The molecule has 0 saturated heterocycles. The summed E-state index contributed by atoms with van der Waals surface area (Å²) in [4.78, 5) is 0. The molecule has 2 aromatic carbocycles. The highest BCUT2D eigenvalue weighted by molar-refractivity contribution is 5.38. The predicted molar refractivity (Wildman–Crippen MR) is 86.4 cm³/mol. The first-order valence-electron chi connectivity index (χ1n) is 7.88. The summed E-state index contributed by atoms with van der Waals surface area (Å²) in [6.45, 7) is 2.11. The van der Waals surface area contributed by atoms with E-state index >= 15 is 0 Å². The van der Waals surface area contributed by atoms with Gasteiger partial charge in [-0.1, -0.05) is 49.4 Å². The Morgan fingerprint density at radius 3 is 2.76 bits per heavy atom. The summed E-state index contributed by atoms with van der Waals surface area (Å²) in [6, 6.07) is 16.9. The van der Waals surface area contributed by atoms with E-state index in [9.17, 15) is 0 Å². The van der Waals surface area contributed by atoms with Gasteiger partial charge in [0.25, 0.3) is 0 Å². The number of hydrogen-bond donors (Lipinski definition) is 1.